The minimum absolute atomic E-state index is 0.103. The van der Waals surface area contributed by atoms with Crippen LogP contribution in [0.15, 0.2) is 8.26 Å². The zero-order chi connectivity index (χ0) is 11.4. The molecule has 0 saturated heterocycles. The van der Waals surface area contributed by atoms with Crippen molar-refractivity contribution < 1.29 is 14.3 Å². The van der Waals surface area contributed by atoms with E-state index in [-0.39, 0.29) is 6.61 Å². The molecule has 0 amide bonds. The standard InChI is InChI=1S/C9H6Br2O3S/c1-3-4-14-6-5(10)8(11)15-7(6)9(12)13-2/h1H,4H2,2H3. The molecule has 1 rings (SSSR count). The van der Waals surface area contributed by atoms with Crippen molar-refractivity contribution in [2.45, 2.75) is 0 Å². The van der Waals surface area contributed by atoms with Crippen molar-refractivity contribution in [3.63, 3.8) is 0 Å². The topological polar surface area (TPSA) is 35.5 Å². The van der Waals surface area contributed by atoms with E-state index in [1.807, 2.05) is 0 Å². The van der Waals surface area contributed by atoms with Gasteiger partial charge in [0.25, 0.3) is 0 Å². The van der Waals surface area contributed by atoms with Crippen molar-refractivity contribution >= 4 is 49.2 Å². The highest BCUT2D eigenvalue weighted by molar-refractivity contribution is 9.13. The molecule has 0 atom stereocenters. The van der Waals surface area contributed by atoms with Crippen molar-refractivity contribution in [3.8, 4) is 18.1 Å². The lowest BCUT2D eigenvalue weighted by molar-refractivity contribution is 0.0602. The minimum Gasteiger partial charge on any atom is -0.478 e. The molecule has 3 nitrogen and oxygen atoms in total. The van der Waals surface area contributed by atoms with Gasteiger partial charge in [0.05, 0.1) is 15.4 Å². The molecule has 0 aliphatic carbocycles. The van der Waals surface area contributed by atoms with E-state index in [9.17, 15) is 4.79 Å². The summed E-state index contributed by atoms with van der Waals surface area (Å²) in [5.41, 5.74) is 0. The first-order valence-corrected chi connectivity index (χ1v) is 6.14. The largest absolute Gasteiger partial charge is 0.478 e. The predicted octanol–water partition coefficient (Wildman–Crippen LogP) is 3.07. The Kier molecular flexibility index (Phi) is 4.64. The molecule has 0 N–H and O–H groups in total. The summed E-state index contributed by atoms with van der Waals surface area (Å²) in [5.74, 6) is 2.30. The summed E-state index contributed by atoms with van der Waals surface area (Å²) >= 11 is 7.81. The van der Waals surface area contributed by atoms with Crippen LogP contribution in [-0.4, -0.2) is 19.7 Å². The SMILES string of the molecule is C#CCOc1c(C(=O)OC)sc(Br)c1Br. The predicted molar refractivity (Wildman–Crippen MR) is 65.4 cm³/mol. The highest BCUT2D eigenvalue weighted by Crippen LogP contribution is 2.43. The fraction of sp³-hybridized carbons (Fsp3) is 0.222. The van der Waals surface area contributed by atoms with E-state index in [1.54, 1.807) is 0 Å². The van der Waals surface area contributed by atoms with Gasteiger partial charge in [-0.2, -0.15) is 0 Å². The molecule has 0 radical (unpaired) electrons. The third-order valence-corrected chi connectivity index (χ3v) is 4.81. The van der Waals surface area contributed by atoms with Gasteiger partial charge in [-0.1, -0.05) is 5.92 Å². The average molecular weight is 354 g/mol. The van der Waals surface area contributed by atoms with Crippen LogP contribution < -0.4 is 4.74 Å². The second kappa shape index (κ2) is 5.54. The second-order valence-electron chi connectivity index (χ2n) is 2.33. The van der Waals surface area contributed by atoms with Gasteiger partial charge >= 0.3 is 5.97 Å². The van der Waals surface area contributed by atoms with E-state index in [2.05, 4.69) is 42.5 Å². The van der Waals surface area contributed by atoms with E-state index in [0.29, 0.717) is 15.1 Å². The number of thiophene rings is 1. The average Bonchev–Trinajstić information content (AvgIpc) is 2.52. The highest BCUT2D eigenvalue weighted by atomic mass is 79.9. The Morgan fingerprint density at radius 3 is 2.80 bits per heavy atom. The summed E-state index contributed by atoms with van der Waals surface area (Å²) in [4.78, 5) is 11.8. The summed E-state index contributed by atoms with van der Waals surface area (Å²) in [6, 6.07) is 0. The fourth-order valence-corrected chi connectivity index (χ4v) is 2.97. The maximum absolute atomic E-state index is 11.4. The number of methoxy groups -OCH3 is 1. The first kappa shape index (κ1) is 12.6. The molecule has 80 valence electrons. The van der Waals surface area contributed by atoms with Gasteiger partial charge in [0.15, 0.2) is 10.6 Å². The number of carbonyl (C=O) groups is 1. The second-order valence-corrected chi connectivity index (χ2v) is 5.46. The molecular weight excluding hydrogens is 348 g/mol. The van der Waals surface area contributed by atoms with E-state index < -0.39 is 5.97 Å². The van der Waals surface area contributed by atoms with Gasteiger partial charge < -0.3 is 9.47 Å². The number of carbonyl (C=O) groups excluding carboxylic acids is 1. The van der Waals surface area contributed by atoms with Crippen LogP contribution in [-0.2, 0) is 4.74 Å². The number of hydrogen-bond acceptors (Lipinski definition) is 4. The molecule has 6 heteroatoms. The first-order valence-electron chi connectivity index (χ1n) is 3.74. The molecule has 0 spiro atoms. The summed E-state index contributed by atoms with van der Waals surface area (Å²) in [6.45, 7) is 0.103. The summed E-state index contributed by atoms with van der Waals surface area (Å²) in [6.07, 6.45) is 5.08. The lowest BCUT2D eigenvalue weighted by atomic mass is 10.4. The van der Waals surface area contributed by atoms with Gasteiger partial charge in [0.1, 0.15) is 6.61 Å². The number of terminal acetylenes is 1. The summed E-state index contributed by atoms with van der Waals surface area (Å²) < 4.78 is 11.3. The summed E-state index contributed by atoms with van der Waals surface area (Å²) in [5, 5.41) is 0. The highest BCUT2D eigenvalue weighted by Gasteiger charge is 2.22. The summed E-state index contributed by atoms with van der Waals surface area (Å²) in [7, 11) is 1.31. The van der Waals surface area contributed by atoms with Crippen molar-refractivity contribution in [1.82, 2.24) is 0 Å². The van der Waals surface area contributed by atoms with Gasteiger partial charge in [0, 0.05) is 0 Å². The molecule has 0 unspecified atom stereocenters. The van der Waals surface area contributed by atoms with Gasteiger partial charge in [-0.25, -0.2) is 4.79 Å². The normalized spacial score (nSPS) is 9.47. The lowest BCUT2D eigenvalue weighted by Gasteiger charge is -2.03. The third kappa shape index (κ3) is 2.74. The number of hydrogen-bond donors (Lipinski definition) is 0. The molecule has 0 aliphatic rings. The number of rotatable bonds is 3. The molecule has 0 bridgehead atoms. The van der Waals surface area contributed by atoms with Gasteiger partial charge in [-0.15, -0.1) is 17.8 Å². The van der Waals surface area contributed by atoms with Crippen LogP contribution in [0.2, 0.25) is 0 Å². The lowest BCUT2D eigenvalue weighted by Crippen LogP contribution is -2.02. The van der Waals surface area contributed by atoms with Crippen LogP contribution in [0.4, 0.5) is 0 Å². The maximum atomic E-state index is 11.4. The van der Waals surface area contributed by atoms with Crippen molar-refractivity contribution in [3.05, 3.63) is 13.1 Å². The molecule has 0 fully saturated rings. The van der Waals surface area contributed by atoms with Crippen LogP contribution in [0.1, 0.15) is 9.67 Å². The molecule has 1 aromatic heterocycles. The Bertz CT molecular complexity index is 420. The Morgan fingerprint density at radius 2 is 2.27 bits per heavy atom. The van der Waals surface area contributed by atoms with Gasteiger partial charge in [-0.05, 0) is 31.9 Å². The zero-order valence-electron chi connectivity index (χ0n) is 7.67. The molecule has 1 heterocycles. The van der Waals surface area contributed by atoms with Crippen molar-refractivity contribution in [1.29, 1.82) is 0 Å². The van der Waals surface area contributed by atoms with Gasteiger partial charge in [-0.3, -0.25) is 0 Å². The van der Waals surface area contributed by atoms with Crippen LogP contribution in [0, 0.1) is 12.3 Å². The van der Waals surface area contributed by atoms with Crippen LogP contribution in [0.25, 0.3) is 0 Å². The Labute approximate surface area is 108 Å². The molecule has 0 aromatic carbocycles. The zero-order valence-corrected chi connectivity index (χ0v) is 11.7. The minimum atomic E-state index is -0.446. The third-order valence-electron chi connectivity index (χ3n) is 1.44. The fourth-order valence-electron chi connectivity index (χ4n) is 0.840. The number of ether oxygens (including phenoxy) is 2. The molecule has 1 aromatic rings. The van der Waals surface area contributed by atoms with Gasteiger partial charge in [0.2, 0.25) is 0 Å². The molecular formula is C9H6Br2O3S. The Balaban J connectivity index is 3.10. The first-order chi connectivity index (χ1) is 7.11. The Morgan fingerprint density at radius 1 is 1.60 bits per heavy atom. The van der Waals surface area contributed by atoms with E-state index in [1.165, 1.54) is 18.4 Å². The van der Waals surface area contributed by atoms with E-state index in [4.69, 9.17) is 11.2 Å². The monoisotopic (exact) mass is 352 g/mol. The maximum Gasteiger partial charge on any atom is 0.351 e. The molecule has 0 aliphatic heterocycles. The van der Waals surface area contributed by atoms with Crippen LogP contribution in [0.5, 0.6) is 5.75 Å². The quantitative estimate of drug-likeness (QED) is 0.618. The van der Waals surface area contributed by atoms with E-state index >= 15 is 0 Å². The van der Waals surface area contributed by atoms with Crippen LogP contribution >= 0.6 is 43.2 Å². The smallest absolute Gasteiger partial charge is 0.351 e. The molecule has 15 heavy (non-hydrogen) atoms. The van der Waals surface area contributed by atoms with Crippen molar-refractivity contribution in [2.75, 3.05) is 13.7 Å². The van der Waals surface area contributed by atoms with Crippen molar-refractivity contribution in [2.24, 2.45) is 0 Å². The number of halogens is 2. The Hall–Kier alpha value is -0.510. The molecule has 0 saturated carbocycles. The van der Waals surface area contributed by atoms with Crippen LogP contribution in [0.3, 0.4) is 0 Å². The number of esters is 1. The van der Waals surface area contributed by atoms with E-state index in [0.717, 1.165) is 3.79 Å².